The normalized spacial score (nSPS) is 11.2. The first kappa shape index (κ1) is 13.1. The summed E-state index contributed by atoms with van der Waals surface area (Å²) < 4.78 is 5.02. The number of hydrogen-bond acceptors (Lipinski definition) is 3. The van der Waals surface area contributed by atoms with Crippen molar-refractivity contribution in [3.05, 3.63) is 65.1 Å². The van der Waals surface area contributed by atoms with Crippen LogP contribution in [0.4, 0.5) is 0 Å². The van der Waals surface area contributed by atoms with Crippen molar-refractivity contribution in [1.82, 2.24) is 5.43 Å². The van der Waals surface area contributed by atoms with Crippen LogP contribution >= 0.6 is 11.6 Å². The van der Waals surface area contributed by atoms with Crippen LogP contribution in [0.15, 0.2) is 58.3 Å². The molecule has 4 nitrogen and oxygen atoms in total. The first-order chi connectivity index (χ1) is 9.24. The summed E-state index contributed by atoms with van der Waals surface area (Å²) in [6, 6.07) is 10.6. The van der Waals surface area contributed by atoms with Crippen LogP contribution in [-0.2, 0) is 4.79 Å². The van der Waals surface area contributed by atoms with Gasteiger partial charge in [0.25, 0.3) is 5.91 Å². The Morgan fingerprint density at radius 3 is 2.74 bits per heavy atom. The van der Waals surface area contributed by atoms with Gasteiger partial charge in [-0.05, 0) is 35.9 Å². The number of hydrazone groups is 1. The van der Waals surface area contributed by atoms with E-state index in [9.17, 15) is 4.79 Å². The van der Waals surface area contributed by atoms with Crippen LogP contribution in [0.3, 0.4) is 0 Å². The summed E-state index contributed by atoms with van der Waals surface area (Å²) in [6.45, 7) is 0. The number of rotatable bonds is 4. The Morgan fingerprint density at radius 1 is 1.26 bits per heavy atom. The van der Waals surface area contributed by atoms with E-state index in [-0.39, 0.29) is 5.91 Å². The van der Waals surface area contributed by atoms with Gasteiger partial charge in [0, 0.05) is 11.1 Å². The summed E-state index contributed by atoms with van der Waals surface area (Å²) >= 11 is 5.76. The summed E-state index contributed by atoms with van der Waals surface area (Å²) in [5.74, 6) is 0.250. The monoisotopic (exact) mass is 274 g/mol. The number of amides is 1. The standard InChI is InChI=1S/C14H11ClN2O2/c15-12-6-3-11(4-7-12)5-8-14(18)17-16-10-13-2-1-9-19-13/h1-10H,(H,17,18)/b8-5+,16-10+. The number of carbonyl (C=O) groups excluding carboxylic acids is 1. The molecule has 1 N–H and O–H groups in total. The quantitative estimate of drug-likeness (QED) is 0.529. The summed E-state index contributed by atoms with van der Waals surface area (Å²) in [5, 5.41) is 4.41. The van der Waals surface area contributed by atoms with Crippen molar-refractivity contribution in [3.63, 3.8) is 0 Å². The second kappa shape index (κ2) is 6.56. The lowest BCUT2D eigenvalue weighted by Gasteiger charge is -1.94. The first-order valence-electron chi connectivity index (χ1n) is 5.54. The van der Waals surface area contributed by atoms with Crippen LogP contribution in [0, 0.1) is 0 Å². The molecule has 96 valence electrons. The van der Waals surface area contributed by atoms with Gasteiger partial charge in [0.15, 0.2) is 0 Å². The van der Waals surface area contributed by atoms with Gasteiger partial charge in [-0.1, -0.05) is 23.7 Å². The van der Waals surface area contributed by atoms with Gasteiger partial charge in [-0.15, -0.1) is 0 Å². The van der Waals surface area contributed by atoms with Crippen molar-refractivity contribution >= 4 is 29.8 Å². The van der Waals surface area contributed by atoms with E-state index in [4.69, 9.17) is 16.0 Å². The minimum Gasteiger partial charge on any atom is -0.463 e. The highest BCUT2D eigenvalue weighted by molar-refractivity contribution is 6.30. The molecule has 0 atom stereocenters. The van der Waals surface area contributed by atoms with Crippen molar-refractivity contribution < 1.29 is 9.21 Å². The number of benzene rings is 1. The van der Waals surface area contributed by atoms with Gasteiger partial charge in [0.2, 0.25) is 0 Å². The van der Waals surface area contributed by atoms with Gasteiger partial charge < -0.3 is 4.42 Å². The average molecular weight is 275 g/mol. The molecule has 0 aliphatic heterocycles. The second-order valence-electron chi connectivity index (χ2n) is 3.63. The van der Waals surface area contributed by atoms with E-state index in [0.29, 0.717) is 10.8 Å². The predicted molar refractivity (Wildman–Crippen MR) is 74.9 cm³/mol. The van der Waals surface area contributed by atoms with E-state index in [2.05, 4.69) is 10.5 Å². The van der Waals surface area contributed by atoms with E-state index in [1.807, 2.05) is 12.1 Å². The zero-order chi connectivity index (χ0) is 13.5. The second-order valence-corrected chi connectivity index (χ2v) is 4.07. The molecule has 0 bridgehead atoms. The maximum absolute atomic E-state index is 11.4. The molecule has 2 rings (SSSR count). The Balaban J connectivity index is 1.85. The van der Waals surface area contributed by atoms with Crippen LogP contribution in [0.1, 0.15) is 11.3 Å². The van der Waals surface area contributed by atoms with E-state index < -0.39 is 0 Å². The number of nitrogens with zero attached hydrogens (tertiary/aromatic N) is 1. The maximum atomic E-state index is 11.4. The first-order valence-corrected chi connectivity index (χ1v) is 5.92. The maximum Gasteiger partial charge on any atom is 0.264 e. The molecule has 2 aromatic rings. The van der Waals surface area contributed by atoms with Gasteiger partial charge in [0.05, 0.1) is 12.5 Å². The third kappa shape index (κ3) is 4.44. The van der Waals surface area contributed by atoms with Crippen molar-refractivity contribution in [1.29, 1.82) is 0 Å². The fraction of sp³-hybridized carbons (Fsp3) is 0. The highest BCUT2D eigenvalue weighted by atomic mass is 35.5. The Hall–Kier alpha value is -2.33. The van der Waals surface area contributed by atoms with E-state index in [1.54, 1.807) is 30.3 Å². The Kier molecular flexibility index (Phi) is 4.53. The lowest BCUT2D eigenvalue weighted by Crippen LogP contribution is -2.13. The molecular formula is C14H11ClN2O2. The fourth-order valence-corrected chi connectivity index (χ4v) is 1.43. The van der Waals surface area contributed by atoms with Gasteiger partial charge in [-0.25, -0.2) is 5.43 Å². The van der Waals surface area contributed by atoms with Crippen LogP contribution < -0.4 is 5.43 Å². The summed E-state index contributed by atoms with van der Waals surface area (Å²) in [6.07, 6.45) is 6.02. The summed E-state index contributed by atoms with van der Waals surface area (Å²) in [7, 11) is 0. The number of halogens is 1. The molecule has 0 unspecified atom stereocenters. The molecule has 0 radical (unpaired) electrons. The van der Waals surface area contributed by atoms with Crippen LogP contribution in [0.2, 0.25) is 5.02 Å². The number of carbonyl (C=O) groups is 1. The molecule has 0 aliphatic rings. The Morgan fingerprint density at radius 2 is 2.05 bits per heavy atom. The topological polar surface area (TPSA) is 54.6 Å². The lowest BCUT2D eigenvalue weighted by molar-refractivity contribution is -0.116. The number of furan rings is 1. The molecular weight excluding hydrogens is 264 g/mol. The number of hydrogen-bond donors (Lipinski definition) is 1. The minimum absolute atomic E-state index is 0.322. The van der Waals surface area contributed by atoms with Crippen LogP contribution in [0.25, 0.3) is 6.08 Å². The predicted octanol–water partition coefficient (Wildman–Crippen LogP) is 3.10. The van der Waals surface area contributed by atoms with Crippen LogP contribution in [-0.4, -0.2) is 12.1 Å². The SMILES string of the molecule is O=C(/C=C/c1ccc(Cl)cc1)N/N=C/c1ccco1. The lowest BCUT2D eigenvalue weighted by atomic mass is 10.2. The molecule has 1 aromatic carbocycles. The molecule has 0 saturated carbocycles. The van der Waals surface area contributed by atoms with Crippen molar-refractivity contribution in [2.45, 2.75) is 0 Å². The zero-order valence-electron chi connectivity index (χ0n) is 9.92. The highest BCUT2D eigenvalue weighted by Gasteiger charge is 1.93. The molecule has 1 heterocycles. The molecule has 0 spiro atoms. The molecule has 0 aliphatic carbocycles. The molecule has 0 fully saturated rings. The Bertz CT molecular complexity index is 586. The minimum atomic E-state index is -0.322. The van der Waals surface area contributed by atoms with Gasteiger partial charge in [0.1, 0.15) is 5.76 Å². The zero-order valence-corrected chi connectivity index (χ0v) is 10.7. The van der Waals surface area contributed by atoms with Crippen molar-refractivity contribution in [2.24, 2.45) is 5.10 Å². The van der Waals surface area contributed by atoms with E-state index in [0.717, 1.165) is 5.56 Å². The van der Waals surface area contributed by atoms with E-state index in [1.165, 1.54) is 18.6 Å². The largest absolute Gasteiger partial charge is 0.463 e. The summed E-state index contributed by atoms with van der Waals surface area (Å²) in [4.78, 5) is 11.4. The molecule has 5 heteroatoms. The molecule has 19 heavy (non-hydrogen) atoms. The Labute approximate surface area is 115 Å². The van der Waals surface area contributed by atoms with Crippen LogP contribution in [0.5, 0.6) is 0 Å². The fourth-order valence-electron chi connectivity index (χ4n) is 1.31. The molecule has 1 amide bonds. The third-order valence-corrected chi connectivity index (χ3v) is 2.46. The highest BCUT2D eigenvalue weighted by Crippen LogP contribution is 2.10. The van der Waals surface area contributed by atoms with Crippen molar-refractivity contribution in [2.75, 3.05) is 0 Å². The molecule has 1 aromatic heterocycles. The molecule has 0 saturated heterocycles. The number of nitrogens with one attached hydrogen (secondary N) is 1. The smallest absolute Gasteiger partial charge is 0.264 e. The van der Waals surface area contributed by atoms with Gasteiger partial charge in [-0.3, -0.25) is 4.79 Å². The third-order valence-electron chi connectivity index (χ3n) is 2.21. The summed E-state index contributed by atoms with van der Waals surface area (Å²) in [5.41, 5.74) is 3.24. The average Bonchev–Trinajstić information content (AvgIpc) is 2.91. The van der Waals surface area contributed by atoms with Gasteiger partial charge in [-0.2, -0.15) is 5.10 Å². The van der Waals surface area contributed by atoms with E-state index >= 15 is 0 Å². The van der Waals surface area contributed by atoms with Gasteiger partial charge >= 0.3 is 0 Å². The van der Waals surface area contributed by atoms with Crippen molar-refractivity contribution in [3.8, 4) is 0 Å².